The van der Waals surface area contributed by atoms with Crippen molar-refractivity contribution in [1.29, 1.82) is 0 Å². The molecule has 3 aromatic rings. The summed E-state index contributed by atoms with van der Waals surface area (Å²) in [4.78, 5) is 16.7. The second kappa shape index (κ2) is 7.88. The predicted molar refractivity (Wildman–Crippen MR) is 110 cm³/mol. The molecule has 1 aliphatic rings. The van der Waals surface area contributed by atoms with Crippen LogP contribution in [0.5, 0.6) is 0 Å². The molecule has 1 aliphatic heterocycles. The summed E-state index contributed by atoms with van der Waals surface area (Å²) in [6.07, 6.45) is 1.43. The van der Waals surface area contributed by atoms with Crippen LogP contribution in [0.4, 0.5) is 20.3 Å². The maximum absolute atomic E-state index is 13.4. The lowest BCUT2D eigenvalue weighted by Crippen LogP contribution is -2.40. The summed E-state index contributed by atoms with van der Waals surface area (Å²) >= 11 is 0. The summed E-state index contributed by atoms with van der Waals surface area (Å²) in [6.45, 7) is 1.61. The van der Waals surface area contributed by atoms with Crippen molar-refractivity contribution in [1.82, 2.24) is 10.3 Å². The minimum absolute atomic E-state index is 0.0649. The smallest absolute Gasteiger partial charge is 0.284 e. The molecular weight excluding hydrogens is 426 g/mol. The molecule has 0 radical (unpaired) electrons. The Kier molecular flexibility index (Phi) is 5.24. The number of rotatable bonds is 4. The van der Waals surface area contributed by atoms with Crippen LogP contribution in [0.15, 0.2) is 70.8 Å². The number of halogens is 2. The zero-order valence-electron chi connectivity index (χ0n) is 16.2. The molecule has 0 saturated carbocycles. The maximum Gasteiger partial charge on any atom is 0.284 e. The first-order chi connectivity index (χ1) is 14.8. The predicted octanol–water partition coefficient (Wildman–Crippen LogP) is 3.22. The molecule has 0 atom stereocenters. The Morgan fingerprint density at radius 3 is 2.42 bits per heavy atom. The number of nitrogens with zero attached hydrogens (tertiary/aromatic N) is 3. The van der Waals surface area contributed by atoms with Crippen LogP contribution in [0.2, 0.25) is 0 Å². The lowest BCUT2D eigenvalue weighted by Gasteiger charge is -2.26. The molecular formula is C21H16F2N4O3S. The van der Waals surface area contributed by atoms with Gasteiger partial charge in [-0.15, -0.1) is 5.10 Å². The van der Waals surface area contributed by atoms with E-state index in [-0.39, 0.29) is 22.8 Å². The Morgan fingerprint density at radius 2 is 1.74 bits per heavy atom. The number of hydrogen-bond donors (Lipinski definition) is 1. The van der Waals surface area contributed by atoms with Crippen molar-refractivity contribution in [2.24, 2.45) is 5.10 Å². The zero-order valence-corrected chi connectivity index (χ0v) is 17.0. The summed E-state index contributed by atoms with van der Waals surface area (Å²) in [7, 11) is -4.27. The Bertz CT molecular complexity index is 1290. The van der Waals surface area contributed by atoms with E-state index in [0.717, 1.165) is 17.7 Å². The molecule has 31 heavy (non-hydrogen) atoms. The number of hydrogen-bond acceptors (Lipinski definition) is 6. The fraction of sp³-hybridized carbons (Fsp3) is 0.0952. The number of hydrazone groups is 1. The third kappa shape index (κ3) is 4.02. The van der Waals surface area contributed by atoms with E-state index in [2.05, 4.69) is 15.4 Å². The Morgan fingerprint density at radius 1 is 1.06 bits per heavy atom. The number of amides is 1. The first-order valence-electron chi connectivity index (χ1n) is 9.14. The average molecular weight is 442 g/mol. The van der Waals surface area contributed by atoms with Crippen LogP contribution in [0.3, 0.4) is 0 Å². The van der Waals surface area contributed by atoms with Crippen molar-refractivity contribution >= 4 is 32.3 Å². The highest BCUT2D eigenvalue weighted by molar-refractivity contribution is 8.08. The fourth-order valence-electron chi connectivity index (χ4n) is 3.05. The summed E-state index contributed by atoms with van der Waals surface area (Å²) in [5, 5.41) is 6.95. The normalized spacial score (nSPS) is 14.5. The SMILES string of the molecule is Cc1ccc(N2N=C(C(=O)NCc3cc(F)cc(F)c3)S(=O)(=O)c3cccnc32)cc1. The van der Waals surface area contributed by atoms with Crippen LogP contribution in [-0.2, 0) is 21.2 Å². The van der Waals surface area contributed by atoms with Crippen molar-refractivity contribution < 1.29 is 22.0 Å². The second-order valence-electron chi connectivity index (χ2n) is 6.84. The summed E-state index contributed by atoms with van der Waals surface area (Å²) in [5.74, 6) is -2.55. The quantitative estimate of drug-likeness (QED) is 0.670. The average Bonchev–Trinajstić information content (AvgIpc) is 2.72. The third-order valence-electron chi connectivity index (χ3n) is 4.53. The number of aryl methyl sites for hydroxylation is 1. The van der Waals surface area contributed by atoms with E-state index >= 15 is 0 Å². The lowest BCUT2D eigenvalue weighted by molar-refractivity contribution is -0.114. The van der Waals surface area contributed by atoms with Gasteiger partial charge in [0.2, 0.25) is 14.9 Å². The van der Waals surface area contributed by atoms with Gasteiger partial charge in [0.25, 0.3) is 5.91 Å². The third-order valence-corrected chi connectivity index (χ3v) is 6.21. The maximum atomic E-state index is 13.4. The molecule has 1 N–H and O–H groups in total. The number of carbonyl (C=O) groups is 1. The molecule has 0 unspecified atom stereocenters. The fourth-order valence-corrected chi connectivity index (χ4v) is 4.40. The zero-order chi connectivity index (χ0) is 22.2. The van der Waals surface area contributed by atoms with Crippen molar-refractivity contribution in [3.8, 4) is 0 Å². The van der Waals surface area contributed by atoms with E-state index in [9.17, 15) is 22.0 Å². The van der Waals surface area contributed by atoms with Gasteiger partial charge in [-0.25, -0.2) is 27.2 Å². The number of sulfone groups is 1. The molecule has 1 aromatic heterocycles. The monoisotopic (exact) mass is 442 g/mol. The number of pyridine rings is 1. The molecule has 0 fully saturated rings. The van der Waals surface area contributed by atoms with Crippen molar-refractivity contribution in [3.63, 3.8) is 0 Å². The van der Waals surface area contributed by atoms with Gasteiger partial charge >= 0.3 is 0 Å². The van der Waals surface area contributed by atoms with E-state index in [0.29, 0.717) is 11.8 Å². The second-order valence-corrected chi connectivity index (χ2v) is 8.67. The van der Waals surface area contributed by atoms with E-state index in [1.54, 1.807) is 12.1 Å². The highest BCUT2D eigenvalue weighted by atomic mass is 32.2. The van der Waals surface area contributed by atoms with Gasteiger partial charge in [-0.2, -0.15) is 0 Å². The molecule has 158 valence electrons. The highest BCUT2D eigenvalue weighted by Crippen LogP contribution is 2.35. The van der Waals surface area contributed by atoms with Gasteiger partial charge in [0.15, 0.2) is 5.82 Å². The van der Waals surface area contributed by atoms with Crippen molar-refractivity contribution in [3.05, 3.63) is 83.6 Å². The van der Waals surface area contributed by atoms with Gasteiger partial charge in [-0.3, -0.25) is 4.79 Å². The van der Waals surface area contributed by atoms with E-state index in [1.807, 2.05) is 19.1 Å². The van der Waals surface area contributed by atoms with Crippen LogP contribution in [0.25, 0.3) is 0 Å². The number of anilines is 2. The minimum atomic E-state index is -4.27. The van der Waals surface area contributed by atoms with Crippen molar-refractivity contribution in [2.45, 2.75) is 18.4 Å². The van der Waals surface area contributed by atoms with Crippen LogP contribution < -0.4 is 10.3 Å². The number of carbonyl (C=O) groups excluding carboxylic acids is 1. The van der Waals surface area contributed by atoms with Gasteiger partial charge in [-0.05, 0) is 48.9 Å². The standard InChI is InChI=1S/C21H16F2N4O3S/c1-13-4-6-17(7-5-13)27-19-18(3-2-8-24-19)31(29,30)21(26-27)20(28)25-12-14-9-15(22)11-16(23)10-14/h2-11H,12H2,1H3,(H,25,28). The highest BCUT2D eigenvalue weighted by Gasteiger charge is 2.38. The van der Waals surface area contributed by atoms with Crippen molar-refractivity contribution in [2.75, 3.05) is 5.01 Å². The van der Waals surface area contributed by atoms with Crippen LogP contribution in [0, 0.1) is 18.6 Å². The van der Waals surface area contributed by atoms with E-state index < -0.39 is 32.4 Å². The minimum Gasteiger partial charge on any atom is -0.346 e. The summed E-state index contributed by atoms with van der Waals surface area (Å²) in [6, 6.07) is 12.6. The van der Waals surface area contributed by atoms with Crippen LogP contribution >= 0.6 is 0 Å². The molecule has 0 aliphatic carbocycles. The largest absolute Gasteiger partial charge is 0.346 e. The number of benzene rings is 2. The summed E-state index contributed by atoms with van der Waals surface area (Å²) < 4.78 is 52.8. The molecule has 7 nitrogen and oxygen atoms in total. The topological polar surface area (TPSA) is 91.7 Å². The molecule has 1 amide bonds. The molecule has 0 saturated heterocycles. The Labute approximate surface area is 177 Å². The Balaban J connectivity index is 1.71. The molecule has 0 spiro atoms. The molecule has 2 aromatic carbocycles. The van der Waals surface area contributed by atoms with Gasteiger partial charge in [0, 0.05) is 18.8 Å². The summed E-state index contributed by atoms with van der Waals surface area (Å²) in [5.41, 5.74) is 1.63. The first-order valence-corrected chi connectivity index (χ1v) is 10.6. The van der Waals surface area contributed by atoms with E-state index in [1.165, 1.54) is 23.3 Å². The van der Waals surface area contributed by atoms with Gasteiger partial charge in [0.05, 0.1) is 5.69 Å². The lowest BCUT2D eigenvalue weighted by atomic mass is 10.2. The number of fused-ring (bicyclic) bond motifs is 1. The molecule has 10 heteroatoms. The first kappa shape index (κ1) is 20.6. The van der Waals surface area contributed by atoms with Crippen LogP contribution in [0.1, 0.15) is 11.1 Å². The van der Waals surface area contributed by atoms with Gasteiger partial charge < -0.3 is 5.32 Å². The van der Waals surface area contributed by atoms with Gasteiger partial charge in [-0.1, -0.05) is 17.7 Å². The molecule has 0 bridgehead atoms. The Hall–Kier alpha value is -3.66. The molecule has 4 rings (SSSR count). The van der Waals surface area contributed by atoms with E-state index in [4.69, 9.17) is 0 Å². The van der Waals surface area contributed by atoms with Gasteiger partial charge in [0.1, 0.15) is 16.5 Å². The van der Waals surface area contributed by atoms with Crippen LogP contribution in [-0.4, -0.2) is 24.4 Å². The number of aromatic nitrogens is 1. The number of nitrogens with one attached hydrogen (secondary N) is 1. The molecule has 2 heterocycles.